The van der Waals surface area contributed by atoms with Gasteiger partial charge in [0.1, 0.15) is 0 Å². The summed E-state index contributed by atoms with van der Waals surface area (Å²) in [5.41, 5.74) is 1.35. The van der Waals surface area contributed by atoms with Crippen molar-refractivity contribution in [1.82, 2.24) is 0 Å². The number of rotatable bonds is 4. The number of benzene rings is 1. The molecule has 1 unspecified atom stereocenters. The summed E-state index contributed by atoms with van der Waals surface area (Å²) in [4.78, 5) is 0. The van der Waals surface area contributed by atoms with E-state index in [4.69, 9.17) is 11.6 Å². The molecule has 1 atom stereocenters. The van der Waals surface area contributed by atoms with Gasteiger partial charge in [-0.3, -0.25) is 0 Å². The van der Waals surface area contributed by atoms with Gasteiger partial charge in [0.15, 0.2) is 0 Å². The van der Waals surface area contributed by atoms with Crippen molar-refractivity contribution in [1.29, 1.82) is 0 Å². The van der Waals surface area contributed by atoms with Crippen molar-refractivity contribution < 1.29 is 0 Å². The minimum Gasteiger partial charge on any atom is -0.143 e. The van der Waals surface area contributed by atoms with E-state index in [0.717, 1.165) is 12.3 Å². The molecule has 0 saturated heterocycles. The van der Waals surface area contributed by atoms with Crippen molar-refractivity contribution in [3.05, 3.63) is 35.2 Å². The third kappa shape index (κ3) is 3.14. The first-order valence-corrected chi connectivity index (χ1v) is 8.76. The van der Waals surface area contributed by atoms with Crippen molar-refractivity contribution in [3.63, 3.8) is 0 Å². The van der Waals surface area contributed by atoms with Crippen molar-refractivity contribution in [3.8, 4) is 0 Å². The Balaban J connectivity index is 1.64. The molecule has 1 aliphatic rings. The fraction of sp³-hybridized carbons (Fsp3) is 0.529. The fourth-order valence-corrected chi connectivity index (χ4v) is 4.65. The Morgan fingerprint density at radius 1 is 1.16 bits per heavy atom. The average molecular weight is 293 g/mol. The number of alkyl halides is 1. The van der Waals surface area contributed by atoms with Crippen LogP contribution in [0.1, 0.15) is 55.9 Å². The minimum atomic E-state index is 0.193. The average Bonchev–Trinajstić information content (AvgIpc) is 2.90. The van der Waals surface area contributed by atoms with Crippen LogP contribution in [0.3, 0.4) is 0 Å². The molecule has 1 heterocycles. The van der Waals surface area contributed by atoms with Crippen LogP contribution in [0, 0.1) is 5.92 Å². The molecule has 1 saturated carbocycles. The van der Waals surface area contributed by atoms with Crippen molar-refractivity contribution >= 4 is 33.0 Å². The molecule has 1 fully saturated rings. The summed E-state index contributed by atoms with van der Waals surface area (Å²) in [5, 5.41) is 3.80. The minimum absolute atomic E-state index is 0.193. The van der Waals surface area contributed by atoms with E-state index >= 15 is 0 Å². The van der Waals surface area contributed by atoms with E-state index in [9.17, 15) is 0 Å². The fourth-order valence-electron chi connectivity index (χ4n) is 3.25. The Bertz CT molecular complexity index is 525. The molecule has 0 bridgehead atoms. The molecule has 102 valence electrons. The van der Waals surface area contributed by atoms with Crippen LogP contribution in [0.5, 0.6) is 0 Å². The number of thiophene rings is 1. The van der Waals surface area contributed by atoms with Crippen LogP contribution < -0.4 is 0 Å². The van der Waals surface area contributed by atoms with E-state index < -0.39 is 0 Å². The topological polar surface area (TPSA) is 0 Å². The van der Waals surface area contributed by atoms with Gasteiger partial charge in [0.25, 0.3) is 0 Å². The van der Waals surface area contributed by atoms with Gasteiger partial charge in [0, 0.05) is 4.70 Å². The highest BCUT2D eigenvalue weighted by Gasteiger charge is 2.17. The van der Waals surface area contributed by atoms with Crippen molar-refractivity contribution in [2.75, 3.05) is 0 Å². The molecule has 19 heavy (non-hydrogen) atoms. The predicted octanol–water partition coefficient (Wildman–Crippen LogP) is 6.54. The Labute approximate surface area is 124 Å². The van der Waals surface area contributed by atoms with Crippen LogP contribution in [0.2, 0.25) is 0 Å². The number of halogens is 1. The monoisotopic (exact) mass is 292 g/mol. The molecule has 3 rings (SSSR count). The third-order valence-electron chi connectivity index (χ3n) is 4.40. The molecule has 0 radical (unpaired) electrons. The van der Waals surface area contributed by atoms with E-state index in [0.29, 0.717) is 0 Å². The van der Waals surface area contributed by atoms with Crippen molar-refractivity contribution in [2.45, 2.75) is 50.3 Å². The SMILES string of the molecule is ClC(CCC1CCCCC1)c1csc2ccccc12. The van der Waals surface area contributed by atoms with E-state index in [1.54, 1.807) is 0 Å². The number of hydrogen-bond acceptors (Lipinski definition) is 1. The van der Waals surface area contributed by atoms with Crippen LogP contribution in [0.25, 0.3) is 10.1 Å². The van der Waals surface area contributed by atoms with Crippen molar-refractivity contribution in [2.24, 2.45) is 5.92 Å². The molecule has 2 aromatic rings. The highest BCUT2D eigenvalue weighted by atomic mass is 35.5. The number of hydrogen-bond donors (Lipinski definition) is 0. The van der Waals surface area contributed by atoms with Gasteiger partial charge in [-0.05, 0) is 41.2 Å². The standard InChI is InChI=1S/C17H21ClS/c18-16(11-10-13-6-2-1-3-7-13)15-12-19-17-9-5-4-8-14(15)17/h4-5,8-9,12-13,16H,1-3,6-7,10-11H2. The zero-order chi connectivity index (χ0) is 13.1. The Hall–Kier alpha value is -0.530. The molecule has 2 heteroatoms. The zero-order valence-electron chi connectivity index (χ0n) is 11.3. The zero-order valence-corrected chi connectivity index (χ0v) is 12.8. The Morgan fingerprint density at radius 3 is 2.79 bits per heavy atom. The van der Waals surface area contributed by atoms with Gasteiger partial charge in [-0.25, -0.2) is 0 Å². The molecule has 0 aliphatic heterocycles. The second-order valence-electron chi connectivity index (χ2n) is 5.74. The summed E-state index contributed by atoms with van der Waals surface area (Å²) in [6, 6.07) is 8.61. The van der Waals surface area contributed by atoms with Gasteiger partial charge in [-0.2, -0.15) is 0 Å². The van der Waals surface area contributed by atoms with Crippen LogP contribution in [0.15, 0.2) is 29.6 Å². The van der Waals surface area contributed by atoms with Crippen LogP contribution >= 0.6 is 22.9 Å². The van der Waals surface area contributed by atoms with E-state index in [1.165, 1.54) is 54.2 Å². The van der Waals surface area contributed by atoms with Gasteiger partial charge < -0.3 is 0 Å². The quantitative estimate of drug-likeness (QED) is 0.561. The molecule has 1 aromatic carbocycles. The first-order valence-electron chi connectivity index (χ1n) is 7.45. The summed E-state index contributed by atoms with van der Waals surface area (Å²) in [6.07, 6.45) is 9.58. The number of fused-ring (bicyclic) bond motifs is 1. The van der Waals surface area contributed by atoms with Crippen LogP contribution in [-0.4, -0.2) is 0 Å². The summed E-state index contributed by atoms with van der Waals surface area (Å²) in [5.74, 6) is 0.930. The largest absolute Gasteiger partial charge is 0.143 e. The first-order chi connectivity index (χ1) is 9.34. The smallest absolute Gasteiger partial charge is 0.0599 e. The van der Waals surface area contributed by atoms with Crippen LogP contribution in [0.4, 0.5) is 0 Å². The van der Waals surface area contributed by atoms with Gasteiger partial charge in [0.2, 0.25) is 0 Å². The summed E-state index contributed by atoms with van der Waals surface area (Å²) < 4.78 is 1.36. The van der Waals surface area contributed by atoms with E-state index in [1.807, 2.05) is 11.3 Å². The van der Waals surface area contributed by atoms with E-state index in [2.05, 4.69) is 29.6 Å². The van der Waals surface area contributed by atoms with E-state index in [-0.39, 0.29) is 5.38 Å². The lowest BCUT2D eigenvalue weighted by atomic mass is 9.85. The summed E-state index contributed by atoms with van der Waals surface area (Å²) >= 11 is 8.47. The summed E-state index contributed by atoms with van der Waals surface area (Å²) in [6.45, 7) is 0. The maximum atomic E-state index is 6.65. The van der Waals surface area contributed by atoms with Gasteiger partial charge in [-0.15, -0.1) is 22.9 Å². The maximum absolute atomic E-state index is 6.65. The molecule has 0 amide bonds. The van der Waals surface area contributed by atoms with Gasteiger partial charge in [-0.1, -0.05) is 50.3 Å². The normalized spacial score (nSPS) is 18.8. The highest BCUT2D eigenvalue weighted by Crippen LogP contribution is 2.38. The Kier molecular flexibility index (Phi) is 4.45. The Morgan fingerprint density at radius 2 is 1.95 bits per heavy atom. The molecule has 0 spiro atoms. The molecule has 0 nitrogen and oxygen atoms in total. The second-order valence-corrected chi connectivity index (χ2v) is 7.17. The molecular weight excluding hydrogens is 272 g/mol. The molecule has 1 aliphatic carbocycles. The first kappa shape index (κ1) is 13.5. The predicted molar refractivity (Wildman–Crippen MR) is 86.2 cm³/mol. The van der Waals surface area contributed by atoms with Gasteiger partial charge >= 0.3 is 0 Å². The lowest BCUT2D eigenvalue weighted by molar-refractivity contribution is 0.331. The summed E-state index contributed by atoms with van der Waals surface area (Å²) in [7, 11) is 0. The second kappa shape index (κ2) is 6.28. The molecular formula is C17H21ClS. The third-order valence-corrected chi connectivity index (χ3v) is 5.84. The molecule has 1 aromatic heterocycles. The lowest BCUT2D eigenvalue weighted by Crippen LogP contribution is -2.07. The van der Waals surface area contributed by atoms with Crippen LogP contribution in [-0.2, 0) is 0 Å². The maximum Gasteiger partial charge on any atom is 0.0599 e. The van der Waals surface area contributed by atoms with Gasteiger partial charge in [0.05, 0.1) is 5.38 Å². The lowest BCUT2D eigenvalue weighted by Gasteiger charge is -2.22. The molecule has 0 N–H and O–H groups in total. The highest BCUT2D eigenvalue weighted by molar-refractivity contribution is 7.17.